The molecule has 1 aliphatic rings. The van der Waals surface area contributed by atoms with E-state index >= 15 is 0 Å². The minimum Gasteiger partial charge on any atom is -0.320 e. The molecule has 0 saturated carbocycles. The highest BCUT2D eigenvalue weighted by Crippen LogP contribution is 2.38. The van der Waals surface area contributed by atoms with Crippen molar-refractivity contribution in [3.63, 3.8) is 0 Å². The predicted octanol–water partition coefficient (Wildman–Crippen LogP) is 6.60. The van der Waals surface area contributed by atoms with Crippen LogP contribution in [0.5, 0.6) is 0 Å². The van der Waals surface area contributed by atoms with Gasteiger partial charge in [0.2, 0.25) is 5.91 Å². The van der Waals surface area contributed by atoms with Gasteiger partial charge < -0.3 is 10.2 Å². The van der Waals surface area contributed by atoms with Gasteiger partial charge in [-0.2, -0.15) is 0 Å². The summed E-state index contributed by atoms with van der Waals surface area (Å²) in [5.74, 6) is -0.264. The molecular weight excluding hydrogens is 446 g/mol. The number of carbonyl (C=O) groups excluding carboxylic acids is 2. The Morgan fingerprint density at radius 3 is 2.11 bits per heavy atom. The van der Waals surface area contributed by atoms with Crippen LogP contribution in [0.25, 0.3) is 0 Å². The summed E-state index contributed by atoms with van der Waals surface area (Å²) < 4.78 is 0. The van der Waals surface area contributed by atoms with Crippen LogP contribution in [-0.2, 0) is 17.6 Å². The van der Waals surface area contributed by atoms with E-state index in [1.54, 1.807) is 11.0 Å². The molecule has 0 spiro atoms. The molecule has 0 aliphatic carbocycles. The van der Waals surface area contributed by atoms with E-state index in [1.165, 1.54) is 50.6 Å². The predicted molar refractivity (Wildman–Crippen MR) is 148 cm³/mol. The summed E-state index contributed by atoms with van der Waals surface area (Å²) in [7, 11) is 4.27. The first-order chi connectivity index (χ1) is 17.5. The SMILES string of the molecule is CN(C)CCCCCCCCc1ccc(CC(=O)N2c3ccccc3NC(=O)c3ccccc32)cc1. The van der Waals surface area contributed by atoms with E-state index in [2.05, 4.69) is 48.6 Å². The molecule has 4 rings (SSSR count). The Balaban J connectivity index is 1.35. The second-order valence-corrected chi connectivity index (χ2v) is 9.89. The van der Waals surface area contributed by atoms with Gasteiger partial charge in [0.05, 0.1) is 29.0 Å². The minimum absolute atomic E-state index is 0.0617. The Hall–Kier alpha value is -3.44. The van der Waals surface area contributed by atoms with Gasteiger partial charge in [0.25, 0.3) is 5.91 Å². The topological polar surface area (TPSA) is 52.7 Å². The molecule has 0 unspecified atom stereocenters. The molecule has 188 valence electrons. The van der Waals surface area contributed by atoms with Gasteiger partial charge in [-0.15, -0.1) is 0 Å². The van der Waals surface area contributed by atoms with Gasteiger partial charge in [-0.1, -0.05) is 74.2 Å². The molecule has 1 heterocycles. The van der Waals surface area contributed by atoms with Crippen LogP contribution in [0.15, 0.2) is 72.8 Å². The summed E-state index contributed by atoms with van der Waals surface area (Å²) in [6.07, 6.45) is 9.04. The number of rotatable bonds is 11. The molecule has 36 heavy (non-hydrogen) atoms. The number of para-hydroxylation sites is 3. The van der Waals surface area contributed by atoms with Crippen molar-refractivity contribution < 1.29 is 9.59 Å². The van der Waals surface area contributed by atoms with Crippen molar-refractivity contribution in [2.24, 2.45) is 0 Å². The van der Waals surface area contributed by atoms with Crippen LogP contribution in [0.1, 0.15) is 60.0 Å². The van der Waals surface area contributed by atoms with E-state index in [9.17, 15) is 9.59 Å². The van der Waals surface area contributed by atoms with Crippen LogP contribution >= 0.6 is 0 Å². The van der Waals surface area contributed by atoms with Gasteiger partial charge in [0, 0.05) is 0 Å². The summed E-state index contributed by atoms with van der Waals surface area (Å²) in [6.45, 7) is 1.18. The number of carbonyl (C=O) groups is 2. The largest absolute Gasteiger partial charge is 0.320 e. The van der Waals surface area contributed by atoms with Crippen molar-refractivity contribution >= 4 is 28.9 Å². The Labute approximate surface area is 215 Å². The molecule has 1 aliphatic heterocycles. The first-order valence-electron chi connectivity index (χ1n) is 13.1. The second kappa shape index (κ2) is 12.5. The van der Waals surface area contributed by atoms with Crippen LogP contribution in [0.2, 0.25) is 0 Å². The fraction of sp³-hybridized carbons (Fsp3) is 0.355. The Bertz CT molecular complexity index is 1170. The summed E-state index contributed by atoms with van der Waals surface area (Å²) in [5.41, 5.74) is 4.74. The van der Waals surface area contributed by atoms with Gasteiger partial charge in [-0.25, -0.2) is 0 Å². The van der Waals surface area contributed by atoms with E-state index in [4.69, 9.17) is 0 Å². The normalized spacial score (nSPS) is 12.6. The molecule has 0 fully saturated rings. The van der Waals surface area contributed by atoms with Crippen molar-refractivity contribution in [3.05, 3.63) is 89.5 Å². The highest BCUT2D eigenvalue weighted by molar-refractivity contribution is 6.17. The molecule has 0 bridgehead atoms. The zero-order chi connectivity index (χ0) is 25.3. The Morgan fingerprint density at radius 2 is 1.36 bits per heavy atom. The number of fused-ring (bicyclic) bond motifs is 2. The van der Waals surface area contributed by atoms with E-state index in [1.807, 2.05) is 42.5 Å². The molecule has 3 aromatic rings. The maximum absolute atomic E-state index is 13.6. The average molecular weight is 484 g/mol. The molecule has 1 N–H and O–H groups in total. The van der Waals surface area contributed by atoms with E-state index < -0.39 is 0 Å². The number of anilines is 3. The lowest BCUT2D eigenvalue weighted by Crippen LogP contribution is -2.28. The second-order valence-electron chi connectivity index (χ2n) is 9.89. The lowest BCUT2D eigenvalue weighted by Gasteiger charge is -2.24. The van der Waals surface area contributed by atoms with E-state index in [0.717, 1.165) is 12.0 Å². The number of unbranched alkanes of at least 4 members (excludes halogenated alkanes) is 5. The lowest BCUT2D eigenvalue weighted by atomic mass is 10.0. The zero-order valence-electron chi connectivity index (χ0n) is 21.5. The minimum atomic E-state index is -0.203. The van der Waals surface area contributed by atoms with Gasteiger partial charge in [0.1, 0.15) is 0 Å². The third-order valence-electron chi connectivity index (χ3n) is 6.73. The molecule has 3 aromatic carbocycles. The standard InChI is InChI=1S/C31H37N3O2/c1-33(2)22-12-6-4-3-5-7-13-24-18-20-25(21-19-24)23-30(35)34-28-16-10-8-14-26(28)31(36)32-27-15-9-11-17-29(27)34/h8-11,14-21H,3-7,12-13,22-23H2,1-2H3,(H,32,36). The Kier molecular flexibility index (Phi) is 8.90. The smallest absolute Gasteiger partial charge is 0.257 e. The van der Waals surface area contributed by atoms with Crippen molar-refractivity contribution in [3.8, 4) is 0 Å². The highest BCUT2D eigenvalue weighted by atomic mass is 16.2. The number of aryl methyl sites for hydroxylation is 1. The van der Waals surface area contributed by atoms with Crippen LogP contribution in [0, 0.1) is 0 Å². The van der Waals surface area contributed by atoms with Gasteiger partial charge in [-0.3, -0.25) is 14.5 Å². The molecule has 0 atom stereocenters. The summed E-state index contributed by atoms with van der Waals surface area (Å²) >= 11 is 0. The van der Waals surface area contributed by atoms with Crippen LogP contribution < -0.4 is 10.2 Å². The van der Waals surface area contributed by atoms with E-state index in [0.29, 0.717) is 22.6 Å². The highest BCUT2D eigenvalue weighted by Gasteiger charge is 2.28. The van der Waals surface area contributed by atoms with Crippen molar-refractivity contribution in [1.29, 1.82) is 0 Å². The molecule has 5 nitrogen and oxygen atoms in total. The maximum Gasteiger partial charge on any atom is 0.257 e. The maximum atomic E-state index is 13.6. The number of benzene rings is 3. The number of nitrogens with zero attached hydrogens (tertiary/aromatic N) is 2. The first kappa shape index (κ1) is 25.6. The van der Waals surface area contributed by atoms with Gasteiger partial charge in [0.15, 0.2) is 0 Å². The molecule has 0 aromatic heterocycles. The third-order valence-corrected chi connectivity index (χ3v) is 6.73. The van der Waals surface area contributed by atoms with Crippen LogP contribution in [0.3, 0.4) is 0 Å². The van der Waals surface area contributed by atoms with Crippen molar-refractivity contribution in [1.82, 2.24) is 4.90 Å². The van der Waals surface area contributed by atoms with Gasteiger partial charge >= 0.3 is 0 Å². The third kappa shape index (κ3) is 6.61. The summed E-state index contributed by atoms with van der Waals surface area (Å²) in [5, 5.41) is 2.94. The van der Waals surface area contributed by atoms with E-state index in [-0.39, 0.29) is 18.2 Å². The molecular formula is C31H37N3O2. The lowest BCUT2D eigenvalue weighted by molar-refractivity contribution is -0.117. The summed E-state index contributed by atoms with van der Waals surface area (Å²) in [6, 6.07) is 23.2. The number of hydrogen-bond acceptors (Lipinski definition) is 3. The van der Waals surface area contributed by atoms with Crippen molar-refractivity contribution in [2.75, 3.05) is 30.9 Å². The molecule has 0 saturated heterocycles. The fourth-order valence-corrected chi connectivity index (χ4v) is 4.76. The first-order valence-corrected chi connectivity index (χ1v) is 13.1. The Morgan fingerprint density at radius 1 is 0.750 bits per heavy atom. The fourth-order valence-electron chi connectivity index (χ4n) is 4.76. The molecule has 5 heteroatoms. The van der Waals surface area contributed by atoms with Crippen LogP contribution in [0.4, 0.5) is 17.1 Å². The number of nitrogens with one attached hydrogen (secondary N) is 1. The quantitative estimate of drug-likeness (QED) is 0.313. The summed E-state index contributed by atoms with van der Waals surface area (Å²) in [4.78, 5) is 30.3. The van der Waals surface area contributed by atoms with Crippen LogP contribution in [-0.4, -0.2) is 37.4 Å². The molecule has 0 radical (unpaired) electrons. The van der Waals surface area contributed by atoms with Gasteiger partial charge in [-0.05, 0) is 75.3 Å². The zero-order valence-corrected chi connectivity index (χ0v) is 21.5. The number of amides is 2. The average Bonchev–Trinajstić information content (AvgIpc) is 3.00. The van der Waals surface area contributed by atoms with Crippen molar-refractivity contribution in [2.45, 2.75) is 51.4 Å². The molecule has 2 amide bonds. The number of hydrogen-bond donors (Lipinski definition) is 1. The monoisotopic (exact) mass is 483 g/mol.